The van der Waals surface area contributed by atoms with Gasteiger partial charge in [0, 0.05) is 18.7 Å². The molecule has 1 amide bonds. The topological polar surface area (TPSA) is 38.8 Å². The second-order valence-corrected chi connectivity index (χ2v) is 8.89. The van der Waals surface area contributed by atoms with Gasteiger partial charge in [0.2, 0.25) is 0 Å². The minimum Gasteiger partial charge on any atom is -0.494 e. The molecule has 1 aliphatic carbocycles. The third-order valence-corrected chi connectivity index (χ3v) is 6.49. The molecule has 1 saturated carbocycles. The molecule has 2 aromatic carbocycles. The number of hydrogen-bond donors (Lipinski definition) is 0. The number of nitrogens with zero attached hydrogens (tertiary/aromatic N) is 1. The number of carbonyl (C=O) groups excluding carboxylic acids is 1. The van der Waals surface area contributed by atoms with Gasteiger partial charge in [0.05, 0.1) is 13.2 Å². The predicted molar refractivity (Wildman–Crippen MR) is 124 cm³/mol. The summed E-state index contributed by atoms with van der Waals surface area (Å²) in [7, 11) is 0. The number of rotatable bonds is 9. The summed E-state index contributed by atoms with van der Waals surface area (Å²) in [5, 5.41) is 0. The van der Waals surface area contributed by atoms with E-state index < -0.39 is 0 Å². The highest BCUT2D eigenvalue weighted by atomic mass is 16.5. The van der Waals surface area contributed by atoms with Crippen molar-refractivity contribution >= 4 is 5.91 Å². The van der Waals surface area contributed by atoms with Gasteiger partial charge in [-0.3, -0.25) is 4.79 Å². The van der Waals surface area contributed by atoms with Crippen LogP contribution in [-0.2, 0) is 6.42 Å². The Morgan fingerprint density at radius 3 is 2.35 bits per heavy atom. The molecule has 1 aliphatic heterocycles. The molecule has 1 heterocycles. The van der Waals surface area contributed by atoms with E-state index in [0.717, 1.165) is 61.4 Å². The van der Waals surface area contributed by atoms with Gasteiger partial charge in [-0.2, -0.15) is 0 Å². The molecule has 0 spiro atoms. The van der Waals surface area contributed by atoms with Crippen LogP contribution >= 0.6 is 0 Å². The van der Waals surface area contributed by atoms with Gasteiger partial charge in [-0.25, -0.2) is 0 Å². The molecule has 31 heavy (non-hydrogen) atoms. The van der Waals surface area contributed by atoms with Crippen molar-refractivity contribution in [2.24, 2.45) is 5.92 Å². The maximum atomic E-state index is 13.1. The summed E-state index contributed by atoms with van der Waals surface area (Å²) in [5.41, 5.74) is 2.01. The average molecular weight is 422 g/mol. The van der Waals surface area contributed by atoms with Gasteiger partial charge in [-0.15, -0.1) is 0 Å². The van der Waals surface area contributed by atoms with Gasteiger partial charge >= 0.3 is 0 Å². The summed E-state index contributed by atoms with van der Waals surface area (Å²) < 4.78 is 11.7. The lowest BCUT2D eigenvalue weighted by atomic mass is 9.89. The van der Waals surface area contributed by atoms with Gasteiger partial charge in [-0.1, -0.05) is 37.5 Å². The van der Waals surface area contributed by atoms with E-state index in [9.17, 15) is 4.79 Å². The van der Waals surface area contributed by atoms with E-state index in [0.29, 0.717) is 19.1 Å². The summed E-state index contributed by atoms with van der Waals surface area (Å²) >= 11 is 0. The van der Waals surface area contributed by atoms with Crippen molar-refractivity contribution in [2.75, 3.05) is 26.3 Å². The van der Waals surface area contributed by atoms with Crippen LogP contribution in [0.3, 0.4) is 0 Å². The van der Waals surface area contributed by atoms with E-state index in [1.807, 2.05) is 42.5 Å². The average Bonchev–Trinajstić information content (AvgIpc) is 2.96. The molecular formula is C27H35NO3. The van der Waals surface area contributed by atoms with Crippen molar-refractivity contribution in [3.8, 4) is 11.5 Å². The van der Waals surface area contributed by atoms with Crippen molar-refractivity contribution in [3.05, 3.63) is 59.7 Å². The van der Waals surface area contributed by atoms with Crippen LogP contribution in [-0.4, -0.2) is 37.1 Å². The molecule has 4 heteroatoms. The molecule has 4 nitrogen and oxygen atoms in total. The lowest BCUT2D eigenvalue weighted by molar-refractivity contribution is 0.0719. The zero-order valence-electron chi connectivity index (χ0n) is 18.6. The smallest absolute Gasteiger partial charge is 0.254 e. The third kappa shape index (κ3) is 6.25. The predicted octanol–water partition coefficient (Wildman–Crippen LogP) is 5.89. The van der Waals surface area contributed by atoms with Crippen LogP contribution < -0.4 is 9.47 Å². The van der Waals surface area contributed by atoms with E-state index in [-0.39, 0.29) is 5.91 Å². The van der Waals surface area contributed by atoms with Gasteiger partial charge in [0.25, 0.3) is 5.91 Å². The maximum absolute atomic E-state index is 13.1. The van der Waals surface area contributed by atoms with Crippen LogP contribution in [0.5, 0.6) is 11.5 Å². The molecule has 0 radical (unpaired) electrons. The van der Waals surface area contributed by atoms with E-state index in [4.69, 9.17) is 9.47 Å². The lowest BCUT2D eigenvalue weighted by Crippen LogP contribution is -2.36. The third-order valence-electron chi connectivity index (χ3n) is 6.49. The van der Waals surface area contributed by atoms with Crippen molar-refractivity contribution in [2.45, 2.75) is 57.8 Å². The van der Waals surface area contributed by atoms with E-state index in [1.165, 1.54) is 32.1 Å². The van der Waals surface area contributed by atoms with Crippen LogP contribution in [0, 0.1) is 5.92 Å². The van der Waals surface area contributed by atoms with Crippen molar-refractivity contribution in [3.63, 3.8) is 0 Å². The fourth-order valence-corrected chi connectivity index (χ4v) is 4.76. The van der Waals surface area contributed by atoms with Crippen LogP contribution in [0.2, 0.25) is 0 Å². The number of aryl methyl sites for hydroxylation is 1. The Bertz CT molecular complexity index is 830. The number of fused-ring (bicyclic) bond motifs is 1. The summed E-state index contributed by atoms with van der Waals surface area (Å²) in [5.74, 6) is 2.68. The van der Waals surface area contributed by atoms with E-state index in [2.05, 4.69) is 11.0 Å². The quantitative estimate of drug-likeness (QED) is 0.474. The largest absolute Gasteiger partial charge is 0.494 e. The van der Waals surface area contributed by atoms with Gasteiger partial charge in [0.1, 0.15) is 11.5 Å². The highest BCUT2D eigenvalue weighted by Gasteiger charge is 2.25. The van der Waals surface area contributed by atoms with Gasteiger partial charge in [0.15, 0.2) is 0 Å². The highest BCUT2D eigenvalue weighted by Crippen LogP contribution is 2.28. The number of unbranched alkanes of at least 4 members (excludes halogenated alkanes) is 1. The second kappa shape index (κ2) is 11.2. The fourth-order valence-electron chi connectivity index (χ4n) is 4.76. The fraction of sp³-hybridized carbons (Fsp3) is 0.519. The molecular weight excluding hydrogens is 386 g/mol. The molecule has 166 valence electrons. The summed E-state index contributed by atoms with van der Waals surface area (Å²) in [4.78, 5) is 15.2. The number of carbonyl (C=O) groups is 1. The monoisotopic (exact) mass is 421 g/mol. The van der Waals surface area contributed by atoms with Gasteiger partial charge < -0.3 is 14.4 Å². The highest BCUT2D eigenvalue weighted by molar-refractivity contribution is 5.96. The number of ether oxygens (including phenoxy) is 2. The SMILES string of the molecule is O=C1c2ccc(OCCCCOc3ccccc3)cc2CCCN1CC1CCCCC1. The number of para-hydroxylation sites is 1. The minimum absolute atomic E-state index is 0.211. The zero-order valence-corrected chi connectivity index (χ0v) is 18.6. The summed E-state index contributed by atoms with van der Waals surface area (Å²) in [6, 6.07) is 15.9. The van der Waals surface area contributed by atoms with Crippen molar-refractivity contribution < 1.29 is 14.3 Å². The molecule has 0 saturated heterocycles. The van der Waals surface area contributed by atoms with Crippen LogP contribution in [0.4, 0.5) is 0 Å². The molecule has 0 aromatic heterocycles. The molecule has 4 rings (SSSR count). The molecule has 0 N–H and O–H groups in total. The second-order valence-electron chi connectivity index (χ2n) is 8.89. The molecule has 0 bridgehead atoms. The Morgan fingerprint density at radius 2 is 1.58 bits per heavy atom. The molecule has 1 fully saturated rings. The van der Waals surface area contributed by atoms with Crippen LogP contribution in [0.15, 0.2) is 48.5 Å². The Kier molecular flexibility index (Phi) is 7.87. The van der Waals surface area contributed by atoms with E-state index in [1.54, 1.807) is 0 Å². The normalized spacial score (nSPS) is 17.2. The summed E-state index contributed by atoms with van der Waals surface area (Å²) in [6.45, 7) is 3.17. The first kappa shape index (κ1) is 21.7. The van der Waals surface area contributed by atoms with Crippen LogP contribution in [0.1, 0.15) is 67.3 Å². The Balaban J connectivity index is 1.24. The van der Waals surface area contributed by atoms with Crippen molar-refractivity contribution in [1.29, 1.82) is 0 Å². The van der Waals surface area contributed by atoms with Crippen molar-refractivity contribution in [1.82, 2.24) is 4.90 Å². The Hall–Kier alpha value is -2.49. The van der Waals surface area contributed by atoms with Gasteiger partial charge in [-0.05, 0) is 80.3 Å². The number of hydrogen-bond acceptors (Lipinski definition) is 3. The first-order chi connectivity index (χ1) is 15.3. The first-order valence-electron chi connectivity index (χ1n) is 12.0. The Labute approximate surface area is 186 Å². The Morgan fingerprint density at radius 1 is 0.839 bits per heavy atom. The molecule has 2 aliphatic rings. The number of amides is 1. The zero-order chi connectivity index (χ0) is 21.3. The minimum atomic E-state index is 0.211. The summed E-state index contributed by atoms with van der Waals surface area (Å²) in [6.07, 6.45) is 10.4. The number of benzene rings is 2. The first-order valence-corrected chi connectivity index (χ1v) is 12.0. The maximum Gasteiger partial charge on any atom is 0.254 e. The lowest BCUT2D eigenvalue weighted by Gasteiger charge is -2.29. The van der Waals surface area contributed by atoms with Crippen LogP contribution in [0.25, 0.3) is 0 Å². The molecule has 0 atom stereocenters. The molecule has 2 aromatic rings. The van der Waals surface area contributed by atoms with E-state index >= 15 is 0 Å². The standard InChI is InChI=1S/C27H35NO3/c29-27-26-16-15-25(31-19-8-7-18-30-24-13-5-2-6-14-24)20-23(26)12-9-17-28(27)21-22-10-3-1-4-11-22/h2,5-6,13-16,20,22H,1,3-4,7-12,17-19,21H2. The molecule has 0 unspecified atom stereocenters.